The molecule has 1 aliphatic carbocycles. The summed E-state index contributed by atoms with van der Waals surface area (Å²) >= 11 is 0. The minimum absolute atomic E-state index is 0.0557. The lowest BCUT2D eigenvalue weighted by Crippen LogP contribution is -2.12. The first-order chi connectivity index (χ1) is 13.5. The third-order valence-electron chi connectivity index (χ3n) is 5.46. The minimum Gasteiger partial charge on any atom is -0.206 e. The van der Waals surface area contributed by atoms with E-state index in [1.807, 2.05) is 6.92 Å². The van der Waals surface area contributed by atoms with Crippen molar-refractivity contribution in [2.45, 2.75) is 57.8 Å². The van der Waals surface area contributed by atoms with Gasteiger partial charge in [-0.3, -0.25) is 0 Å². The van der Waals surface area contributed by atoms with Crippen molar-refractivity contribution in [3.05, 3.63) is 70.3 Å². The Balaban J connectivity index is 1.64. The van der Waals surface area contributed by atoms with Crippen LogP contribution >= 0.6 is 0 Å². The summed E-state index contributed by atoms with van der Waals surface area (Å²) < 4.78 is 55.0. The molecule has 4 heteroatoms. The maximum atomic E-state index is 14.2. The monoisotopic (exact) mass is 388 g/mol. The van der Waals surface area contributed by atoms with Crippen molar-refractivity contribution in [1.29, 1.82) is 0 Å². The number of unbranched alkanes of at least 4 members (excludes halogenated alkanes) is 1. The molecule has 1 saturated carbocycles. The summed E-state index contributed by atoms with van der Waals surface area (Å²) in [5.41, 5.74) is 1.29. The van der Waals surface area contributed by atoms with E-state index in [4.69, 9.17) is 0 Å². The van der Waals surface area contributed by atoms with Gasteiger partial charge in [-0.15, -0.1) is 0 Å². The van der Waals surface area contributed by atoms with E-state index in [0.29, 0.717) is 12.0 Å². The first-order valence-electron chi connectivity index (χ1n) is 9.92. The molecule has 3 rings (SSSR count). The molecule has 148 valence electrons. The Morgan fingerprint density at radius 3 is 2.14 bits per heavy atom. The maximum absolute atomic E-state index is 14.2. The fourth-order valence-electron chi connectivity index (χ4n) is 3.78. The van der Waals surface area contributed by atoms with E-state index >= 15 is 0 Å². The molecular weight excluding hydrogens is 364 g/mol. The van der Waals surface area contributed by atoms with Gasteiger partial charge in [-0.05, 0) is 79.8 Å². The highest BCUT2D eigenvalue weighted by molar-refractivity contribution is 5.39. The second-order valence-electron chi connectivity index (χ2n) is 7.53. The van der Waals surface area contributed by atoms with Gasteiger partial charge in [0.15, 0.2) is 11.6 Å². The number of aryl methyl sites for hydroxylation is 1. The van der Waals surface area contributed by atoms with Gasteiger partial charge in [-0.2, -0.15) is 0 Å². The zero-order valence-corrected chi connectivity index (χ0v) is 16.0. The van der Waals surface area contributed by atoms with Gasteiger partial charge < -0.3 is 0 Å². The van der Waals surface area contributed by atoms with Crippen LogP contribution in [0.5, 0.6) is 0 Å². The Hall–Kier alpha value is -2.28. The number of halogens is 4. The molecule has 0 unspecified atom stereocenters. The lowest BCUT2D eigenvalue weighted by atomic mass is 9.79. The minimum atomic E-state index is -0.840. The molecule has 0 heterocycles. The Morgan fingerprint density at radius 2 is 1.54 bits per heavy atom. The summed E-state index contributed by atoms with van der Waals surface area (Å²) in [6.07, 6.45) is 5.66. The van der Waals surface area contributed by atoms with Crippen molar-refractivity contribution in [2.75, 3.05) is 0 Å². The molecule has 0 bridgehead atoms. The molecule has 0 saturated heterocycles. The predicted octanol–water partition coefficient (Wildman–Crippen LogP) is 6.91. The third-order valence-corrected chi connectivity index (χ3v) is 5.46. The van der Waals surface area contributed by atoms with Gasteiger partial charge in [-0.1, -0.05) is 31.3 Å². The fraction of sp³-hybridized carbons (Fsp3) is 0.417. The van der Waals surface area contributed by atoms with Crippen LogP contribution in [-0.4, -0.2) is 0 Å². The summed E-state index contributed by atoms with van der Waals surface area (Å²) in [6.45, 7) is 2.04. The molecule has 28 heavy (non-hydrogen) atoms. The molecule has 2 aromatic carbocycles. The molecule has 0 nitrogen and oxygen atoms in total. The second kappa shape index (κ2) is 9.28. The van der Waals surface area contributed by atoms with Gasteiger partial charge in [-0.25, -0.2) is 17.6 Å². The van der Waals surface area contributed by atoms with Crippen LogP contribution in [0.1, 0.15) is 68.1 Å². The van der Waals surface area contributed by atoms with Crippen LogP contribution in [0.2, 0.25) is 0 Å². The zero-order chi connectivity index (χ0) is 20.1. The average molecular weight is 388 g/mol. The van der Waals surface area contributed by atoms with Crippen LogP contribution < -0.4 is 0 Å². The van der Waals surface area contributed by atoms with Crippen LogP contribution in [-0.2, 0) is 6.42 Å². The standard InChI is InChI=1S/C24H24F4/c1-2-3-4-17-13-22(26)20(23(27)14-17)11-7-16-5-8-18(9-6-16)19-10-12-21(25)24(28)15-19/h10,12-16,18H,2-6,8-9H2,1H3. The highest BCUT2D eigenvalue weighted by atomic mass is 19.2. The van der Waals surface area contributed by atoms with Crippen molar-refractivity contribution >= 4 is 0 Å². The number of hydrogen-bond donors (Lipinski definition) is 0. The van der Waals surface area contributed by atoms with Gasteiger partial charge in [0.05, 0.1) is 5.56 Å². The van der Waals surface area contributed by atoms with Crippen LogP contribution in [0.25, 0.3) is 0 Å². The lowest BCUT2D eigenvalue weighted by Gasteiger charge is -2.26. The Kier molecular flexibility index (Phi) is 6.78. The molecular formula is C24H24F4. The SMILES string of the molecule is CCCCc1cc(F)c(C#CC2CCC(c3ccc(F)c(F)c3)CC2)c(F)c1. The third kappa shape index (κ3) is 4.95. The van der Waals surface area contributed by atoms with Gasteiger partial charge in [0.1, 0.15) is 11.6 Å². The van der Waals surface area contributed by atoms with Crippen LogP contribution in [0.15, 0.2) is 30.3 Å². The summed E-state index contributed by atoms with van der Waals surface area (Å²) in [6, 6.07) is 6.80. The zero-order valence-electron chi connectivity index (χ0n) is 16.0. The summed E-state index contributed by atoms with van der Waals surface area (Å²) in [4.78, 5) is 0. The van der Waals surface area contributed by atoms with Crippen molar-refractivity contribution in [2.24, 2.45) is 5.92 Å². The molecule has 0 amide bonds. The predicted molar refractivity (Wildman–Crippen MR) is 103 cm³/mol. The molecule has 0 N–H and O–H groups in total. The number of benzene rings is 2. The molecule has 0 radical (unpaired) electrons. The van der Waals surface area contributed by atoms with E-state index in [0.717, 1.165) is 50.2 Å². The fourth-order valence-corrected chi connectivity index (χ4v) is 3.78. The molecule has 1 fully saturated rings. The quantitative estimate of drug-likeness (QED) is 0.394. The van der Waals surface area contributed by atoms with Gasteiger partial charge in [0.25, 0.3) is 0 Å². The van der Waals surface area contributed by atoms with Crippen molar-refractivity contribution in [1.82, 2.24) is 0 Å². The largest absolute Gasteiger partial charge is 0.206 e. The van der Waals surface area contributed by atoms with Gasteiger partial charge in [0, 0.05) is 5.92 Å². The van der Waals surface area contributed by atoms with E-state index in [9.17, 15) is 17.6 Å². The van der Waals surface area contributed by atoms with Crippen molar-refractivity contribution in [3.63, 3.8) is 0 Å². The molecule has 0 atom stereocenters. The van der Waals surface area contributed by atoms with Crippen LogP contribution in [0.4, 0.5) is 17.6 Å². The second-order valence-corrected chi connectivity index (χ2v) is 7.53. The normalized spacial score (nSPS) is 19.2. The Labute approximate surface area is 164 Å². The number of rotatable bonds is 4. The first-order valence-corrected chi connectivity index (χ1v) is 9.92. The van der Waals surface area contributed by atoms with Gasteiger partial charge >= 0.3 is 0 Å². The summed E-state index contributed by atoms with van der Waals surface area (Å²) in [7, 11) is 0. The molecule has 0 spiro atoms. The van der Waals surface area contributed by atoms with E-state index in [1.54, 1.807) is 6.07 Å². The van der Waals surface area contributed by atoms with Crippen LogP contribution in [0.3, 0.4) is 0 Å². The van der Waals surface area contributed by atoms with Crippen molar-refractivity contribution in [3.8, 4) is 11.8 Å². The molecule has 2 aromatic rings. The Morgan fingerprint density at radius 1 is 0.857 bits per heavy atom. The first kappa shape index (κ1) is 20.5. The van der Waals surface area contributed by atoms with E-state index in [1.165, 1.54) is 18.2 Å². The Bertz CT molecular complexity index is 860. The van der Waals surface area contributed by atoms with E-state index in [2.05, 4.69) is 11.8 Å². The molecule has 0 aliphatic heterocycles. The summed E-state index contributed by atoms with van der Waals surface area (Å²) in [5, 5.41) is 0. The topological polar surface area (TPSA) is 0 Å². The number of hydrogen-bond acceptors (Lipinski definition) is 0. The van der Waals surface area contributed by atoms with E-state index in [-0.39, 0.29) is 17.4 Å². The van der Waals surface area contributed by atoms with E-state index < -0.39 is 23.3 Å². The smallest absolute Gasteiger partial charge is 0.159 e. The average Bonchev–Trinajstić information content (AvgIpc) is 2.68. The molecule has 0 aromatic heterocycles. The van der Waals surface area contributed by atoms with Crippen molar-refractivity contribution < 1.29 is 17.6 Å². The lowest BCUT2D eigenvalue weighted by molar-refractivity contribution is 0.383. The van der Waals surface area contributed by atoms with Gasteiger partial charge in [0.2, 0.25) is 0 Å². The summed E-state index contributed by atoms with van der Waals surface area (Å²) in [5.74, 6) is 3.06. The highest BCUT2D eigenvalue weighted by Crippen LogP contribution is 2.36. The van der Waals surface area contributed by atoms with Crippen LogP contribution in [0, 0.1) is 41.0 Å². The maximum Gasteiger partial charge on any atom is 0.159 e. The highest BCUT2D eigenvalue weighted by Gasteiger charge is 2.22. The molecule has 1 aliphatic rings.